The van der Waals surface area contributed by atoms with Crippen LogP contribution < -0.4 is 0 Å². The van der Waals surface area contributed by atoms with Crippen molar-refractivity contribution < 1.29 is 9.53 Å². The monoisotopic (exact) mass is 266 g/mol. The molecule has 0 aliphatic heterocycles. The number of ether oxygens (including phenoxy) is 1. The summed E-state index contributed by atoms with van der Waals surface area (Å²) in [5.41, 5.74) is 2.10. The molecule has 1 aliphatic rings. The molecule has 4 nitrogen and oxygen atoms in total. The minimum Gasteiger partial charge on any atom is -0.469 e. The summed E-state index contributed by atoms with van der Waals surface area (Å²) in [5, 5.41) is 0.809. The van der Waals surface area contributed by atoms with Gasteiger partial charge in [-0.1, -0.05) is 11.8 Å². The molecule has 0 spiro atoms. The van der Waals surface area contributed by atoms with E-state index < -0.39 is 0 Å². The summed E-state index contributed by atoms with van der Waals surface area (Å²) in [6, 6.07) is 1.96. The van der Waals surface area contributed by atoms with Crippen LogP contribution in [0.15, 0.2) is 11.2 Å². The maximum atomic E-state index is 11.3. The van der Waals surface area contributed by atoms with E-state index in [0.29, 0.717) is 6.42 Å². The Balaban J connectivity index is 1.93. The Labute approximate surface area is 112 Å². The molecule has 0 bridgehead atoms. The quantitative estimate of drug-likeness (QED) is 0.465. The average molecular weight is 266 g/mol. The molecule has 98 valence electrons. The van der Waals surface area contributed by atoms with E-state index >= 15 is 0 Å². The van der Waals surface area contributed by atoms with Crippen molar-refractivity contribution in [1.82, 2.24) is 9.97 Å². The predicted octanol–water partition coefficient (Wildman–Crippen LogP) is 2.53. The van der Waals surface area contributed by atoms with Crippen molar-refractivity contribution in [2.75, 3.05) is 12.9 Å². The molecule has 0 saturated heterocycles. The number of hydrogen-bond acceptors (Lipinski definition) is 5. The second-order valence-corrected chi connectivity index (χ2v) is 5.92. The van der Waals surface area contributed by atoms with Gasteiger partial charge in [-0.25, -0.2) is 9.97 Å². The van der Waals surface area contributed by atoms with Gasteiger partial charge in [0.15, 0.2) is 5.16 Å². The Morgan fingerprint density at radius 1 is 1.39 bits per heavy atom. The lowest BCUT2D eigenvalue weighted by molar-refractivity contribution is -0.141. The topological polar surface area (TPSA) is 52.1 Å². The van der Waals surface area contributed by atoms with E-state index in [2.05, 4.69) is 9.97 Å². The van der Waals surface area contributed by atoms with Gasteiger partial charge < -0.3 is 4.74 Å². The first-order valence-corrected chi connectivity index (χ1v) is 7.03. The number of esters is 1. The van der Waals surface area contributed by atoms with E-state index in [0.717, 1.165) is 35.1 Å². The Kier molecular flexibility index (Phi) is 3.90. The highest BCUT2D eigenvalue weighted by molar-refractivity contribution is 7.99. The maximum absolute atomic E-state index is 11.3. The highest BCUT2D eigenvalue weighted by Gasteiger charge is 2.44. The van der Waals surface area contributed by atoms with Crippen LogP contribution in [0.25, 0.3) is 0 Å². The van der Waals surface area contributed by atoms with Crippen molar-refractivity contribution in [2.45, 2.75) is 38.3 Å². The number of aromatic nitrogens is 2. The fourth-order valence-corrected chi connectivity index (χ4v) is 3.15. The standard InChI is InChI=1S/C13H18N2O2S/c1-9-6-10(2)15-12(14-9)18-8-13(4-5-13)7-11(16)17-3/h6H,4-5,7-8H2,1-3H3. The van der Waals surface area contributed by atoms with E-state index in [9.17, 15) is 4.79 Å². The van der Waals surface area contributed by atoms with E-state index in [4.69, 9.17) is 4.74 Å². The number of aryl methyl sites for hydroxylation is 2. The molecule has 1 aromatic rings. The lowest BCUT2D eigenvalue weighted by atomic mass is 10.1. The normalized spacial score (nSPS) is 16.4. The van der Waals surface area contributed by atoms with Crippen LogP contribution in [0.3, 0.4) is 0 Å². The predicted molar refractivity (Wildman–Crippen MR) is 70.5 cm³/mol. The summed E-state index contributed by atoms with van der Waals surface area (Å²) < 4.78 is 4.74. The number of rotatable bonds is 5. The molecule has 5 heteroatoms. The summed E-state index contributed by atoms with van der Waals surface area (Å²) in [7, 11) is 1.44. The van der Waals surface area contributed by atoms with Crippen molar-refractivity contribution in [1.29, 1.82) is 0 Å². The Bertz CT molecular complexity index is 438. The number of carbonyl (C=O) groups excluding carboxylic acids is 1. The van der Waals surface area contributed by atoms with Gasteiger partial charge in [-0.2, -0.15) is 0 Å². The van der Waals surface area contributed by atoms with Gasteiger partial charge in [-0.05, 0) is 38.2 Å². The fraction of sp³-hybridized carbons (Fsp3) is 0.615. The Morgan fingerprint density at radius 2 is 2.00 bits per heavy atom. The molecule has 0 N–H and O–H groups in total. The van der Waals surface area contributed by atoms with Crippen LogP contribution in [0.1, 0.15) is 30.7 Å². The Hall–Kier alpha value is -1.10. The van der Waals surface area contributed by atoms with Crippen LogP contribution in [-0.4, -0.2) is 28.8 Å². The number of carbonyl (C=O) groups is 1. The lowest BCUT2D eigenvalue weighted by Gasteiger charge is -2.12. The van der Waals surface area contributed by atoms with Gasteiger partial charge in [0.05, 0.1) is 13.5 Å². The third kappa shape index (κ3) is 3.45. The Morgan fingerprint density at radius 3 is 2.50 bits per heavy atom. The minimum atomic E-state index is -0.116. The SMILES string of the molecule is COC(=O)CC1(CSc2nc(C)cc(C)n2)CC1. The first-order valence-electron chi connectivity index (χ1n) is 6.05. The molecule has 18 heavy (non-hydrogen) atoms. The zero-order valence-electron chi connectivity index (χ0n) is 11.0. The minimum absolute atomic E-state index is 0.116. The summed E-state index contributed by atoms with van der Waals surface area (Å²) >= 11 is 1.64. The van der Waals surface area contributed by atoms with Crippen molar-refractivity contribution >= 4 is 17.7 Å². The van der Waals surface area contributed by atoms with Crippen LogP contribution in [-0.2, 0) is 9.53 Å². The highest BCUT2D eigenvalue weighted by atomic mass is 32.2. The van der Waals surface area contributed by atoms with E-state index in [1.165, 1.54) is 7.11 Å². The average Bonchev–Trinajstić information content (AvgIpc) is 3.05. The van der Waals surface area contributed by atoms with Gasteiger partial charge >= 0.3 is 5.97 Å². The van der Waals surface area contributed by atoms with Crippen molar-refractivity contribution in [3.05, 3.63) is 17.5 Å². The van der Waals surface area contributed by atoms with Gasteiger partial charge in [0.2, 0.25) is 0 Å². The highest BCUT2D eigenvalue weighted by Crippen LogP contribution is 2.51. The van der Waals surface area contributed by atoms with Crippen LogP contribution >= 0.6 is 11.8 Å². The molecule has 0 aromatic carbocycles. The summed E-state index contributed by atoms with van der Waals surface area (Å²) in [5.74, 6) is 0.778. The number of thioether (sulfide) groups is 1. The number of nitrogens with zero attached hydrogens (tertiary/aromatic N) is 2. The van der Waals surface area contributed by atoms with Crippen molar-refractivity contribution in [3.8, 4) is 0 Å². The van der Waals surface area contributed by atoms with Crippen molar-refractivity contribution in [2.24, 2.45) is 5.41 Å². The second-order valence-electron chi connectivity index (χ2n) is 4.97. The van der Waals surface area contributed by atoms with Gasteiger partial charge in [-0.15, -0.1) is 0 Å². The molecule has 0 atom stereocenters. The van der Waals surface area contributed by atoms with Crippen LogP contribution in [0.4, 0.5) is 0 Å². The molecular formula is C13H18N2O2S. The lowest BCUT2D eigenvalue weighted by Crippen LogP contribution is -2.13. The third-order valence-electron chi connectivity index (χ3n) is 3.17. The van der Waals surface area contributed by atoms with Gasteiger partial charge in [-0.3, -0.25) is 4.79 Å². The van der Waals surface area contributed by atoms with Crippen LogP contribution in [0.5, 0.6) is 0 Å². The summed E-state index contributed by atoms with van der Waals surface area (Å²) in [6.07, 6.45) is 2.71. The largest absolute Gasteiger partial charge is 0.469 e. The molecule has 0 unspecified atom stereocenters. The zero-order chi connectivity index (χ0) is 13.2. The van der Waals surface area contributed by atoms with Gasteiger partial charge in [0.1, 0.15) is 0 Å². The smallest absolute Gasteiger partial charge is 0.306 e. The van der Waals surface area contributed by atoms with E-state index in [1.54, 1.807) is 11.8 Å². The second kappa shape index (κ2) is 5.26. The molecule has 0 radical (unpaired) electrons. The van der Waals surface area contributed by atoms with E-state index in [-0.39, 0.29) is 11.4 Å². The molecule has 0 amide bonds. The van der Waals surface area contributed by atoms with Crippen LogP contribution in [0, 0.1) is 19.3 Å². The molecule has 1 aliphatic carbocycles. The summed E-state index contributed by atoms with van der Waals surface area (Å²) in [4.78, 5) is 20.1. The number of hydrogen-bond donors (Lipinski definition) is 0. The molecule has 1 fully saturated rings. The molecular weight excluding hydrogens is 248 g/mol. The third-order valence-corrected chi connectivity index (χ3v) is 4.37. The maximum Gasteiger partial charge on any atom is 0.306 e. The van der Waals surface area contributed by atoms with Crippen molar-refractivity contribution in [3.63, 3.8) is 0 Å². The van der Waals surface area contributed by atoms with Gasteiger partial charge in [0, 0.05) is 17.1 Å². The first-order chi connectivity index (χ1) is 8.53. The molecule has 1 saturated carbocycles. The molecule has 1 aromatic heterocycles. The number of methoxy groups -OCH3 is 1. The summed E-state index contributed by atoms with van der Waals surface area (Å²) in [6.45, 7) is 3.94. The molecule has 2 rings (SSSR count). The fourth-order valence-electron chi connectivity index (χ4n) is 1.90. The first kappa shape index (κ1) is 13.3. The van der Waals surface area contributed by atoms with E-state index in [1.807, 2.05) is 19.9 Å². The molecule has 1 heterocycles. The van der Waals surface area contributed by atoms with Crippen LogP contribution in [0.2, 0.25) is 0 Å². The zero-order valence-corrected chi connectivity index (χ0v) is 11.8. The van der Waals surface area contributed by atoms with Gasteiger partial charge in [0.25, 0.3) is 0 Å².